The molecular weight excluding hydrogens is 297 g/mol. The molecule has 0 fully saturated rings. The summed E-state index contributed by atoms with van der Waals surface area (Å²) in [6.07, 6.45) is 0. The van der Waals surface area contributed by atoms with Crippen LogP contribution in [-0.2, 0) is 14.9 Å². The summed E-state index contributed by atoms with van der Waals surface area (Å²) in [5, 5.41) is 2.71. The molecule has 2 aromatic rings. The van der Waals surface area contributed by atoms with E-state index in [-0.39, 0.29) is 11.5 Å². The molecule has 0 atom stereocenters. The summed E-state index contributed by atoms with van der Waals surface area (Å²) in [4.78, 5) is 24.1. The summed E-state index contributed by atoms with van der Waals surface area (Å²) in [6, 6.07) is 13.1. The standard InChI is InChI=1S/C18H18FNO3/c1-18(2,12-7-5-4-6-8-12)17(22)20-13-9-10-15(19)14(11-13)16(21)23-3/h4-11H,1-3H3,(H,20,22). The molecule has 4 nitrogen and oxygen atoms in total. The van der Waals surface area contributed by atoms with Crippen LogP contribution in [0, 0.1) is 5.82 Å². The van der Waals surface area contributed by atoms with Crippen LogP contribution in [0.4, 0.5) is 10.1 Å². The van der Waals surface area contributed by atoms with Gasteiger partial charge in [0.15, 0.2) is 0 Å². The Hall–Kier alpha value is -2.69. The fraction of sp³-hybridized carbons (Fsp3) is 0.222. The zero-order valence-corrected chi connectivity index (χ0v) is 13.2. The van der Waals surface area contributed by atoms with Gasteiger partial charge in [-0.1, -0.05) is 30.3 Å². The molecule has 0 bridgehead atoms. The van der Waals surface area contributed by atoms with Crippen LogP contribution in [0.2, 0.25) is 0 Å². The van der Waals surface area contributed by atoms with Crippen LogP contribution in [-0.4, -0.2) is 19.0 Å². The Morgan fingerprint density at radius 2 is 1.74 bits per heavy atom. The van der Waals surface area contributed by atoms with Gasteiger partial charge in [0.25, 0.3) is 0 Å². The van der Waals surface area contributed by atoms with Crippen molar-refractivity contribution in [3.8, 4) is 0 Å². The zero-order valence-electron chi connectivity index (χ0n) is 13.2. The number of amides is 1. The van der Waals surface area contributed by atoms with Gasteiger partial charge in [-0.15, -0.1) is 0 Å². The van der Waals surface area contributed by atoms with Gasteiger partial charge in [0.2, 0.25) is 5.91 Å². The topological polar surface area (TPSA) is 55.4 Å². The van der Waals surface area contributed by atoms with E-state index in [0.717, 1.165) is 11.6 Å². The number of carbonyl (C=O) groups is 2. The highest BCUT2D eigenvalue weighted by Crippen LogP contribution is 2.25. The first-order valence-electron chi connectivity index (χ1n) is 7.11. The molecule has 2 aromatic carbocycles. The number of benzene rings is 2. The minimum absolute atomic E-state index is 0.220. The molecule has 0 aromatic heterocycles. The fourth-order valence-electron chi connectivity index (χ4n) is 2.14. The average molecular weight is 315 g/mol. The molecule has 0 aliphatic rings. The van der Waals surface area contributed by atoms with Crippen molar-refractivity contribution in [1.82, 2.24) is 0 Å². The highest BCUT2D eigenvalue weighted by atomic mass is 19.1. The van der Waals surface area contributed by atoms with Gasteiger partial charge in [-0.25, -0.2) is 9.18 Å². The smallest absolute Gasteiger partial charge is 0.340 e. The molecule has 1 N–H and O–H groups in total. The van der Waals surface area contributed by atoms with Gasteiger partial charge in [-0.05, 0) is 37.6 Å². The first kappa shape index (κ1) is 16.7. The maximum Gasteiger partial charge on any atom is 0.340 e. The molecule has 0 spiro atoms. The Morgan fingerprint density at radius 1 is 1.09 bits per heavy atom. The third-order valence-electron chi connectivity index (χ3n) is 3.69. The molecule has 5 heteroatoms. The lowest BCUT2D eigenvalue weighted by Crippen LogP contribution is -2.34. The van der Waals surface area contributed by atoms with Crippen molar-refractivity contribution in [1.29, 1.82) is 0 Å². The molecule has 1 amide bonds. The van der Waals surface area contributed by atoms with E-state index in [2.05, 4.69) is 10.1 Å². The van der Waals surface area contributed by atoms with Crippen LogP contribution < -0.4 is 5.32 Å². The lowest BCUT2D eigenvalue weighted by atomic mass is 9.83. The van der Waals surface area contributed by atoms with Crippen LogP contribution in [0.15, 0.2) is 48.5 Å². The number of halogens is 1. The Bertz CT molecular complexity index is 726. The first-order chi connectivity index (χ1) is 10.9. The normalized spacial score (nSPS) is 11.0. The Balaban J connectivity index is 2.25. The molecule has 0 heterocycles. The summed E-state index contributed by atoms with van der Waals surface area (Å²) < 4.78 is 18.2. The van der Waals surface area contributed by atoms with Crippen LogP contribution in [0.5, 0.6) is 0 Å². The lowest BCUT2D eigenvalue weighted by Gasteiger charge is -2.24. The minimum atomic E-state index is -0.791. The molecule has 0 unspecified atom stereocenters. The molecule has 0 radical (unpaired) electrons. The third kappa shape index (κ3) is 3.56. The van der Waals surface area contributed by atoms with Crippen molar-refractivity contribution in [2.75, 3.05) is 12.4 Å². The largest absolute Gasteiger partial charge is 0.465 e. The van der Waals surface area contributed by atoms with E-state index in [9.17, 15) is 14.0 Å². The van der Waals surface area contributed by atoms with E-state index in [0.29, 0.717) is 5.69 Å². The van der Waals surface area contributed by atoms with Crippen molar-refractivity contribution >= 4 is 17.6 Å². The second-order valence-electron chi connectivity index (χ2n) is 5.63. The molecular formula is C18H18FNO3. The number of rotatable bonds is 4. The maximum absolute atomic E-state index is 13.6. The molecule has 0 aliphatic heterocycles. The molecule has 120 valence electrons. The Morgan fingerprint density at radius 3 is 2.35 bits per heavy atom. The predicted octanol–water partition coefficient (Wildman–Crippen LogP) is 3.53. The van der Waals surface area contributed by atoms with Gasteiger partial charge in [0.05, 0.1) is 18.1 Å². The molecule has 2 rings (SSSR count). The number of hydrogen-bond acceptors (Lipinski definition) is 3. The van der Waals surface area contributed by atoms with Gasteiger partial charge in [0, 0.05) is 5.69 Å². The number of nitrogens with one attached hydrogen (secondary N) is 1. The molecule has 0 aliphatic carbocycles. The minimum Gasteiger partial charge on any atom is -0.465 e. The zero-order chi connectivity index (χ0) is 17.0. The Labute approximate surface area is 134 Å². The molecule has 0 saturated heterocycles. The maximum atomic E-state index is 13.6. The summed E-state index contributed by atoms with van der Waals surface area (Å²) >= 11 is 0. The summed E-state index contributed by atoms with van der Waals surface area (Å²) in [7, 11) is 1.17. The van der Waals surface area contributed by atoms with Crippen LogP contribution >= 0.6 is 0 Å². The van der Waals surface area contributed by atoms with Gasteiger partial charge >= 0.3 is 5.97 Å². The van der Waals surface area contributed by atoms with Gasteiger partial charge < -0.3 is 10.1 Å². The molecule has 23 heavy (non-hydrogen) atoms. The predicted molar refractivity (Wildman–Crippen MR) is 85.8 cm³/mol. The quantitative estimate of drug-likeness (QED) is 0.878. The highest BCUT2D eigenvalue weighted by Gasteiger charge is 2.29. The van der Waals surface area contributed by atoms with Gasteiger partial charge in [-0.2, -0.15) is 0 Å². The monoisotopic (exact) mass is 315 g/mol. The number of carbonyl (C=O) groups excluding carboxylic acids is 2. The van der Waals surface area contributed by atoms with Crippen LogP contribution in [0.3, 0.4) is 0 Å². The summed E-state index contributed by atoms with van der Waals surface area (Å²) in [5.41, 5.74) is 0.192. The summed E-state index contributed by atoms with van der Waals surface area (Å²) in [6.45, 7) is 3.59. The van der Waals surface area contributed by atoms with Crippen LogP contribution in [0.25, 0.3) is 0 Å². The van der Waals surface area contributed by atoms with E-state index < -0.39 is 17.2 Å². The van der Waals surface area contributed by atoms with E-state index in [4.69, 9.17) is 0 Å². The SMILES string of the molecule is COC(=O)c1cc(NC(=O)C(C)(C)c2ccccc2)ccc1F. The first-order valence-corrected chi connectivity index (χ1v) is 7.11. The van der Waals surface area contributed by atoms with Gasteiger partial charge in [0.1, 0.15) is 5.82 Å². The van der Waals surface area contributed by atoms with Crippen molar-refractivity contribution in [3.63, 3.8) is 0 Å². The van der Waals surface area contributed by atoms with Crippen molar-refractivity contribution in [3.05, 3.63) is 65.5 Å². The number of ether oxygens (including phenoxy) is 1. The number of anilines is 1. The number of methoxy groups -OCH3 is 1. The fourth-order valence-corrected chi connectivity index (χ4v) is 2.14. The van der Waals surface area contributed by atoms with E-state index in [1.807, 2.05) is 30.3 Å². The van der Waals surface area contributed by atoms with E-state index >= 15 is 0 Å². The molecule has 0 saturated carbocycles. The number of esters is 1. The average Bonchev–Trinajstić information content (AvgIpc) is 2.56. The van der Waals surface area contributed by atoms with E-state index in [1.165, 1.54) is 19.2 Å². The van der Waals surface area contributed by atoms with Crippen molar-refractivity contribution in [2.24, 2.45) is 0 Å². The van der Waals surface area contributed by atoms with Crippen molar-refractivity contribution in [2.45, 2.75) is 19.3 Å². The summed E-state index contributed by atoms with van der Waals surface area (Å²) in [5.74, 6) is -1.75. The van der Waals surface area contributed by atoms with E-state index in [1.54, 1.807) is 13.8 Å². The van der Waals surface area contributed by atoms with Gasteiger partial charge in [-0.3, -0.25) is 4.79 Å². The highest BCUT2D eigenvalue weighted by molar-refractivity contribution is 5.99. The second-order valence-corrected chi connectivity index (χ2v) is 5.63. The lowest BCUT2D eigenvalue weighted by molar-refractivity contribution is -0.120. The second kappa shape index (κ2) is 6.60. The third-order valence-corrected chi connectivity index (χ3v) is 3.69. The van der Waals surface area contributed by atoms with Crippen molar-refractivity contribution < 1.29 is 18.7 Å². The Kier molecular flexibility index (Phi) is 4.79. The van der Waals surface area contributed by atoms with Crippen LogP contribution in [0.1, 0.15) is 29.8 Å². The number of hydrogen-bond donors (Lipinski definition) is 1.